The molecule has 16 nitrogen and oxygen atoms in total. The highest BCUT2D eigenvalue weighted by molar-refractivity contribution is 8.01. The number of β-lactam (4-membered cyclic amide) rings is 1. The zero-order valence-electron chi connectivity index (χ0n) is 17.4. The number of hydrogen-bond acceptors (Lipinski definition) is 13. The van der Waals surface area contributed by atoms with Gasteiger partial charge in [0.15, 0.2) is 10.5 Å². The molecule has 1 unspecified atom stereocenters. The zero-order valence-corrected chi connectivity index (χ0v) is 19.8. The molecule has 3 amide bonds. The van der Waals surface area contributed by atoms with Crippen LogP contribution in [0, 0.1) is 5.41 Å². The van der Waals surface area contributed by atoms with Crippen molar-refractivity contribution in [2.24, 2.45) is 10.9 Å². The Morgan fingerprint density at radius 2 is 2.20 bits per heavy atom. The minimum atomic E-state index is -1.31. The fraction of sp³-hybridized carbons (Fsp3) is 0.312. The van der Waals surface area contributed by atoms with Crippen molar-refractivity contribution in [1.29, 1.82) is 5.41 Å². The van der Waals surface area contributed by atoms with Crippen LogP contribution in [0.5, 0.6) is 0 Å². The van der Waals surface area contributed by atoms with Gasteiger partial charge in [0.2, 0.25) is 11.1 Å². The van der Waals surface area contributed by atoms with Crippen LogP contribution in [0.2, 0.25) is 0 Å². The van der Waals surface area contributed by atoms with Gasteiger partial charge < -0.3 is 26.3 Å². The summed E-state index contributed by atoms with van der Waals surface area (Å²) in [5.74, 6) is -3.08. The number of aromatic amines is 1. The van der Waals surface area contributed by atoms with Gasteiger partial charge in [-0.05, 0) is 16.0 Å². The molecule has 35 heavy (non-hydrogen) atoms. The van der Waals surface area contributed by atoms with Crippen LogP contribution < -0.4 is 15.9 Å². The molecule has 2 aliphatic rings. The lowest BCUT2D eigenvalue weighted by Crippen LogP contribution is -2.71. The number of oxime groups is 1. The van der Waals surface area contributed by atoms with E-state index in [-0.39, 0.29) is 39.4 Å². The largest absolute Gasteiger partial charge is 0.477 e. The molecule has 0 aromatic carbocycles. The van der Waals surface area contributed by atoms with Gasteiger partial charge in [-0.25, -0.2) is 9.48 Å². The highest BCUT2D eigenvalue weighted by Crippen LogP contribution is 2.41. The summed E-state index contributed by atoms with van der Waals surface area (Å²) >= 11 is 3.32. The van der Waals surface area contributed by atoms with Crippen molar-refractivity contribution >= 4 is 64.3 Å². The summed E-state index contributed by atoms with van der Waals surface area (Å²) in [6, 6.07) is -1.04. The van der Waals surface area contributed by atoms with Crippen molar-refractivity contribution in [3.05, 3.63) is 27.1 Å². The van der Waals surface area contributed by atoms with Crippen LogP contribution in [0.3, 0.4) is 0 Å². The molecule has 2 aromatic rings. The molecule has 4 rings (SSSR count). The lowest BCUT2D eigenvalue weighted by molar-refractivity contribution is -0.150. The number of rotatable bonds is 9. The van der Waals surface area contributed by atoms with E-state index >= 15 is 0 Å². The van der Waals surface area contributed by atoms with Crippen LogP contribution in [0.25, 0.3) is 0 Å². The van der Waals surface area contributed by atoms with Gasteiger partial charge in [0.25, 0.3) is 11.8 Å². The average Bonchev–Trinajstić information content (AvgIpc) is 3.43. The highest BCUT2D eigenvalue weighted by atomic mass is 32.2. The number of H-pyrrole nitrogens is 1. The number of carboxylic acids is 1. The zero-order chi connectivity index (χ0) is 25.3. The van der Waals surface area contributed by atoms with Crippen molar-refractivity contribution < 1.29 is 29.5 Å². The van der Waals surface area contributed by atoms with E-state index in [4.69, 9.17) is 11.1 Å². The molecule has 2 atom stereocenters. The standard InChI is InChI=1S/C16H16N10O6S3/c17-7(27)1-25-16(21-23-24-25)35-3-5-2-33-13-9(12(29)26(13)10(5)14(30)31)20-11(28)8(22-32)6-4-34-15(18)19-6/h4,9,13,32H,1-3H2,(H2,17,27)(H2,18,19)(H,20,28)(H,30,31)/t9?,13-/m0/s1. The molecule has 0 aliphatic carbocycles. The first-order valence-electron chi connectivity index (χ1n) is 9.54. The maximum absolute atomic E-state index is 12.8. The quantitative estimate of drug-likeness (QED) is 0.0651. The Morgan fingerprint density at radius 3 is 2.83 bits per heavy atom. The molecule has 0 radical (unpaired) electrons. The van der Waals surface area contributed by atoms with E-state index in [0.29, 0.717) is 5.57 Å². The molecule has 4 heterocycles. The van der Waals surface area contributed by atoms with Gasteiger partial charge in [0.05, 0.1) is 5.69 Å². The van der Waals surface area contributed by atoms with Crippen molar-refractivity contribution in [3.63, 3.8) is 0 Å². The van der Waals surface area contributed by atoms with Crippen LogP contribution >= 0.6 is 34.9 Å². The average molecular weight is 541 g/mol. The van der Waals surface area contributed by atoms with E-state index in [0.717, 1.165) is 28.0 Å². The molecule has 2 aromatic heterocycles. The summed E-state index contributed by atoms with van der Waals surface area (Å²) in [7, 11) is 0. The number of aromatic nitrogens is 5. The minimum Gasteiger partial charge on any atom is -0.477 e. The number of aliphatic carboxylic acids is 1. The van der Waals surface area contributed by atoms with Gasteiger partial charge in [0, 0.05) is 16.9 Å². The third kappa shape index (κ3) is 4.77. The van der Waals surface area contributed by atoms with E-state index in [1.807, 2.05) is 0 Å². The van der Waals surface area contributed by atoms with Crippen LogP contribution in [-0.2, 0) is 25.7 Å². The Labute approximate surface area is 207 Å². The second kappa shape index (κ2) is 9.88. The summed E-state index contributed by atoms with van der Waals surface area (Å²) in [6.07, 6.45) is 0. The lowest BCUT2D eigenvalue weighted by atomic mass is 10.0. The van der Waals surface area contributed by atoms with Crippen molar-refractivity contribution in [2.75, 3.05) is 11.5 Å². The van der Waals surface area contributed by atoms with Crippen molar-refractivity contribution in [3.8, 4) is 0 Å². The number of amides is 3. The Morgan fingerprint density at radius 1 is 1.43 bits per heavy atom. The third-order valence-corrected chi connectivity index (χ3v) is 7.90. The molecule has 2 aliphatic heterocycles. The normalized spacial score (nSPS) is 19.8. The second-order valence-corrected chi connectivity index (χ2v) is 9.97. The van der Waals surface area contributed by atoms with Gasteiger partial charge in [0.1, 0.15) is 23.7 Å². The predicted molar refractivity (Wildman–Crippen MR) is 120 cm³/mol. The summed E-state index contributed by atoms with van der Waals surface area (Å²) < 4.78 is 1.18. The Balaban J connectivity index is 1.48. The van der Waals surface area contributed by atoms with E-state index in [1.54, 1.807) is 0 Å². The molecule has 0 spiro atoms. The Kier molecular flexibility index (Phi) is 6.89. The number of nitrogens with zero attached hydrogens (tertiary/aromatic N) is 6. The third-order valence-electron chi connectivity index (χ3n) is 4.83. The van der Waals surface area contributed by atoms with E-state index in [1.165, 1.54) is 21.8 Å². The van der Waals surface area contributed by atoms with Crippen molar-refractivity contribution in [2.45, 2.75) is 23.1 Å². The summed E-state index contributed by atoms with van der Waals surface area (Å²) in [6.45, 7) is -0.242. The highest BCUT2D eigenvalue weighted by Gasteiger charge is 2.54. The molecule has 0 saturated carbocycles. The number of nitrogens with one attached hydrogen (secondary N) is 3. The van der Waals surface area contributed by atoms with Gasteiger partial charge >= 0.3 is 5.97 Å². The first-order valence-corrected chi connectivity index (χ1v) is 12.5. The number of nitrogens with two attached hydrogens (primary N) is 1. The number of carboxylic acid groups (broad SMARTS) is 1. The Hall–Kier alpha value is -3.71. The molecule has 19 heteroatoms. The first-order chi connectivity index (χ1) is 16.7. The van der Waals surface area contributed by atoms with E-state index in [2.05, 4.69) is 31.0 Å². The number of thiazole rings is 1. The number of carbonyl (C=O) groups is 4. The molecule has 0 bridgehead atoms. The molecule has 184 valence electrons. The second-order valence-electron chi connectivity index (χ2n) is 7.04. The number of primary amides is 1. The number of fused-ring (bicyclic) bond motifs is 1. The number of thioether (sulfide) groups is 2. The van der Waals surface area contributed by atoms with Gasteiger partial charge in [-0.15, -0.1) is 28.2 Å². The fourth-order valence-electron chi connectivity index (χ4n) is 3.34. The van der Waals surface area contributed by atoms with Crippen LogP contribution in [0.15, 0.2) is 27.0 Å². The number of tetrazole rings is 1. The SMILES string of the molecule is N=c1[nH]c(C(=NO)C(=O)NC2C(=O)N3C(C(=O)O)=C(CSc4nnnn4CC(N)=O)CS[C@@H]23)cs1. The summed E-state index contributed by atoms with van der Waals surface area (Å²) in [5.41, 5.74) is 5.08. The van der Waals surface area contributed by atoms with Crippen LogP contribution in [0.1, 0.15) is 5.69 Å². The maximum atomic E-state index is 12.8. The number of hydrogen-bond donors (Lipinski definition) is 6. The molecular weight excluding hydrogens is 524 g/mol. The monoisotopic (exact) mass is 540 g/mol. The van der Waals surface area contributed by atoms with Crippen LogP contribution in [-0.4, -0.2) is 92.7 Å². The van der Waals surface area contributed by atoms with Gasteiger partial charge in [-0.3, -0.25) is 24.7 Å². The predicted octanol–water partition coefficient (Wildman–Crippen LogP) is -2.26. The van der Waals surface area contributed by atoms with E-state index < -0.39 is 40.8 Å². The first kappa shape index (κ1) is 24.4. The molecule has 7 N–H and O–H groups in total. The Bertz CT molecular complexity index is 1330. The molecular formula is C16H16N10O6S3. The van der Waals surface area contributed by atoms with Gasteiger partial charge in [-0.2, -0.15) is 0 Å². The maximum Gasteiger partial charge on any atom is 0.352 e. The van der Waals surface area contributed by atoms with Gasteiger partial charge in [-0.1, -0.05) is 16.9 Å². The topological polar surface area (TPSA) is 246 Å². The number of carbonyl (C=O) groups excluding carboxylic acids is 3. The summed E-state index contributed by atoms with van der Waals surface area (Å²) in [5, 5.41) is 43.9. The van der Waals surface area contributed by atoms with Crippen molar-refractivity contribution in [1.82, 2.24) is 35.4 Å². The fourth-order valence-corrected chi connectivity index (χ4v) is 6.27. The smallest absolute Gasteiger partial charge is 0.352 e. The lowest BCUT2D eigenvalue weighted by Gasteiger charge is -2.49. The molecule has 1 saturated heterocycles. The van der Waals surface area contributed by atoms with E-state index in [9.17, 15) is 29.5 Å². The molecule has 1 fully saturated rings. The summed E-state index contributed by atoms with van der Waals surface area (Å²) in [4.78, 5) is 52.2. The van der Waals surface area contributed by atoms with Crippen LogP contribution in [0.4, 0.5) is 0 Å². The minimum absolute atomic E-state index is 0.0352.